The average Bonchev–Trinajstić information content (AvgIpc) is 2.59. The first kappa shape index (κ1) is 11.6. The fraction of sp³-hybridized carbons (Fsp3) is 0.417. The van der Waals surface area contributed by atoms with Gasteiger partial charge in [-0.2, -0.15) is 0 Å². The van der Waals surface area contributed by atoms with E-state index in [0.29, 0.717) is 16.6 Å². The molecule has 0 aliphatic rings. The molecule has 0 spiro atoms. The molecular formula is C12H15N3O2. The largest absolute Gasteiger partial charge is 0.336 e. The van der Waals surface area contributed by atoms with Crippen molar-refractivity contribution in [1.82, 2.24) is 9.97 Å². The van der Waals surface area contributed by atoms with Crippen molar-refractivity contribution in [2.24, 2.45) is 0 Å². The van der Waals surface area contributed by atoms with E-state index in [1.54, 1.807) is 13.0 Å². The van der Waals surface area contributed by atoms with Crippen molar-refractivity contribution in [3.8, 4) is 0 Å². The van der Waals surface area contributed by atoms with Gasteiger partial charge in [-0.25, -0.2) is 4.98 Å². The molecule has 2 aromatic rings. The second-order valence-corrected chi connectivity index (χ2v) is 5.22. The molecule has 0 fully saturated rings. The van der Waals surface area contributed by atoms with Gasteiger partial charge in [0.2, 0.25) is 0 Å². The van der Waals surface area contributed by atoms with Crippen molar-refractivity contribution >= 4 is 16.7 Å². The van der Waals surface area contributed by atoms with Crippen molar-refractivity contribution in [2.75, 3.05) is 0 Å². The quantitative estimate of drug-likeness (QED) is 0.607. The predicted molar refractivity (Wildman–Crippen MR) is 66.2 cm³/mol. The second-order valence-electron chi connectivity index (χ2n) is 5.22. The molecule has 0 amide bonds. The number of aromatic nitrogens is 2. The molecule has 0 aliphatic carbocycles. The van der Waals surface area contributed by atoms with Crippen LogP contribution in [0.15, 0.2) is 12.1 Å². The molecule has 0 unspecified atom stereocenters. The van der Waals surface area contributed by atoms with E-state index in [4.69, 9.17) is 0 Å². The van der Waals surface area contributed by atoms with Crippen LogP contribution in [0.25, 0.3) is 11.0 Å². The second kappa shape index (κ2) is 3.55. The van der Waals surface area contributed by atoms with Crippen LogP contribution in [0, 0.1) is 17.0 Å². The van der Waals surface area contributed by atoms with Crippen molar-refractivity contribution in [3.05, 3.63) is 33.6 Å². The van der Waals surface area contributed by atoms with Gasteiger partial charge in [-0.1, -0.05) is 26.8 Å². The highest BCUT2D eigenvalue weighted by Crippen LogP contribution is 2.30. The van der Waals surface area contributed by atoms with E-state index in [1.807, 2.05) is 26.8 Å². The van der Waals surface area contributed by atoms with Crippen molar-refractivity contribution in [3.63, 3.8) is 0 Å². The molecule has 5 heteroatoms. The summed E-state index contributed by atoms with van der Waals surface area (Å²) in [4.78, 5) is 18.2. The maximum atomic E-state index is 11.1. The Labute approximate surface area is 99.0 Å². The zero-order valence-corrected chi connectivity index (χ0v) is 10.4. The standard InChI is InChI=1S/C12H15N3O2/c1-7-5-6-8-9(10(7)15(16)17)14-11(13-8)12(2,3)4/h5-6H,1-4H3,(H,13,14). The Bertz CT molecular complexity index is 594. The fourth-order valence-electron chi connectivity index (χ4n) is 1.76. The summed E-state index contributed by atoms with van der Waals surface area (Å²) in [5.41, 5.74) is 1.77. The summed E-state index contributed by atoms with van der Waals surface area (Å²) in [6.07, 6.45) is 0. The van der Waals surface area contributed by atoms with Gasteiger partial charge in [-0.15, -0.1) is 0 Å². The van der Waals surface area contributed by atoms with Crippen LogP contribution in [0.2, 0.25) is 0 Å². The van der Waals surface area contributed by atoms with Gasteiger partial charge >= 0.3 is 0 Å². The van der Waals surface area contributed by atoms with Crippen LogP contribution in [-0.2, 0) is 5.41 Å². The zero-order valence-electron chi connectivity index (χ0n) is 10.4. The van der Waals surface area contributed by atoms with Gasteiger partial charge in [-0.05, 0) is 13.0 Å². The molecule has 0 bridgehead atoms. The zero-order chi connectivity index (χ0) is 12.8. The number of rotatable bonds is 1. The number of aryl methyl sites for hydroxylation is 1. The highest BCUT2D eigenvalue weighted by Gasteiger charge is 2.23. The molecule has 17 heavy (non-hydrogen) atoms. The van der Waals surface area contributed by atoms with E-state index in [-0.39, 0.29) is 16.0 Å². The van der Waals surface area contributed by atoms with Crippen LogP contribution in [-0.4, -0.2) is 14.9 Å². The van der Waals surface area contributed by atoms with Crippen molar-refractivity contribution in [2.45, 2.75) is 33.1 Å². The molecule has 1 aromatic heterocycles. The smallest absolute Gasteiger partial charge is 0.297 e. The highest BCUT2D eigenvalue weighted by atomic mass is 16.6. The van der Waals surface area contributed by atoms with E-state index in [2.05, 4.69) is 9.97 Å². The number of imidazole rings is 1. The van der Waals surface area contributed by atoms with Crippen LogP contribution < -0.4 is 0 Å². The van der Waals surface area contributed by atoms with Crippen molar-refractivity contribution in [1.29, 1.82) is 0 Å². The first-order chi connectivity index (χ1) is 7.80. The fourth-order valence-corrected chi connectivity index (χ4v) is 1.76. The minimum atomic E-state index is -0.359. The topological polar surface area (TPSA) is 71.8 Å². The third-order valence-electron chi connectivity index (χ3n) is 2.73. The summed E-state index contributed by atoms with van der Waals surface area (Å²) in [7, 11) is 0. The number of nitro benzene ring substituents is 1. The third kappa shape index (κ3) is 1.88. The summed E-state index contributed by atoms with van der Waals surface area (Å²) in [6, 6.07) is 3.54. The molecule has 0 radical (unpaired) electrons. The molecule has 0 aliphatic heterocycles. The minimum Gasteiger partial charge on any atom is -0.336 e. The number of nitrogens with one attached hydrogen (secondary N) is 1. The molecule has 1 N–H and O–H groups in total. The van der Waals surface area contributed by atoms with Crippen molar-refractivity contribution < 1.29 is 4.92 Å². The van der Waals surface area contributed by atoms with Gasteiger partial charge in [0.05, 0.1) is 10.4 Å². The molecule has 1 heterocycles. The average molecular weight is 233 g/mol. The molecule has 0 saturated heterocycles. The van der Waals surface area contributed by atoms with E-state index < -0.39 is 0 Å². The Kier molecular flexibility index (Phi) is 2.41. The maximum absolute atomic E-state index is 11.1. The summed E-state index contributed by atoms with van der Waals surface area (Å²) in [5.74, 6) is 0.765. The van der Waals surface area contributed by atoms with E-state index in [9.17, 15) is 10.1 Å². The Balaban J connectivity index is 2.78. The molecule has 90 valence electrons. The van der Waals surface area contributed by atoms with Crippen LogP contribution in [0.4, 0.5) is 5.69 Å². The van der Waals surface area contributed by atoms with Crippen LogP contribution in [0.3, 0.4) is 0 Å². The molecule has 5 nitrogen and oxygen atoms in total. The Morgan fingerprint density at radius 1 is 1.35 bits per heavy atom. The first-order valence-electron chi connectivity index (χ1n) is 5.45. The Hall–Kier alpha value is -1.91. The van der Waals surface area contributed by atoms with Crippen LogP contribution in [0.1, 0.15) is 32.2 Å². The maximum Gasteiger partial charge on any atom is 0.297 e. The van der Waals surface area contributed by atoms with Gasteiger partial charge in [0.15, 0.2) is 0 Å². The number of H-pyrrole nitrogens is 1. The van der Waals surface area contributed by atoms with Gasteiger partial charge in [0.1, 0.15) is 11.3 Å². The molecule has 1 aromatic carbocycles. The number of hydrogen-bond donors (Lipinski definition) is 1. The first-order valence-corrected chi connectivity index (χ1v) is 5.45. The van der Waals surface area contributed by atoms with E-state index >= 15 is 0 Å². The number of nitrogens with zero attached hydrogens (tertiary/aromatic N) is 2. The number of fused-ring (bicyclic) bond motifs is 1. The summed E-state index contributed by atoms with van der Waals surface area (Å²) >= 11 is 0. The van der Waals surface area contributed by atoms with Gasteiger partial charge in [0, 0.05) is 11.0 Å². The predicted octanol–water partition coefficient (Wildman–Crippen LogP) is 3.08. The van der Waals surface area contributed by atoms with Gasteiger partial charge in [-0.3, -0.25) is 10.1 Å². The molecular weight excluding hydrogens is 218 g/mol. The highest BCUT2D eigenvalue weighted by molar-refractivity contribution is 5.86. The number of aromatic amines is 1. The lowest BCUT2D eigenvalue weighted by molar-refractivity contribution is -0.383. The lowest BCUT2D eigenvalue weighted by Crippen LogP contribution is -2.13. The molecule has 2 rings (SSSR count). The SMILES string of the molecule is Cc1ccc2nc(C(C)(C)C)[nH]c2c1[N+](=O)[O-]. The lowest BCUT2D eigenvalue weighted by atomic mass is 9.96. The Morgan fingerprint density at radius 3 is 2.53 bits per heavy atom. The van der Waals surface area contributed by atoms with E-state index in [1.165, 1.54) is 0 Å². The monoisotopic (exact) mass is 233 g/mol. The molecule has 0 atom stereocenters. The van der Waals surface area contributed by atoms with Gasteiger partial charge in [0.25, 0.3) is 5.69 Å². The lowest BCUT2D eigenvalue weighted by Gasteiger charge is -2.13. The number of benzene rings is 1. The summed E-state index contributed by atoms with van der Waals surface area (Å²) in [6.45, 7) is 7.78. The number of hydrogen-bond acceptors (Lipinski definition) is 3. The van der Waals surface area contributed by atoms with E-state index in [0.717, 1.165) is 5.82 Å². The number of nitro groups is 1. The summed E-state index contributed by atoms with van der Waals surface area (Å²) < 4.78 is 0. The van der Waals surface area contributed by atoms with Gasteiger partial charge < -0.3 is 4.98 Å². The van der Waals surface area contributed by atoms with Crippen LogP contribution in [0.5, 0.6) is 0 Å². The normalized spacial score (nSPS) is 12.0. The Morgan fingerprint density at radius 2 is 2.00 bits per heavy atom. The van der Waals surface area contributed by atoms with Crippen LogP contribution >= 0.6 is 0 Å². The molecule has 0 saturated carbocycles. The summed E-state index contributed by atoms with van der Waals surface area (Å²) in [5, 5.41) is 11.1. The minimum absolute atomic E-state index is 0.116. The third-order valence-corrected chi connectivity index (χ3v) is 2.73.